The number of aromatic nitrogens is 3. The Balaban J connectivity index is 1.73. The number of fused-ring (bicyclic) bond motifs is 1. The highest BCUT2D eigenvalue weighted by atomic mass is 32.2. The molecule has 7 heteroatoms. The molecule has 21 heavy (non-hydrogen) atoms. The van der Waals surface area contributed by atoms with E-state index in [2.05, 4.69) is 21.6 Å². The SMILES string of the molecule is CCn1ncnc1CC(NN)C1CSc2ccccc2O1. The van der Waals surface area contributed by atoms with E-state index in [9.17, 15) is 0 Å². The lowest BCUT2D eigenvalue weighted by molar-refractivity contribution is 0.163. The second-order valence-electron chi connectivity index (χ2n) is 4.88. The van der Waals surface area contributed by atoms with E-state index in [1.165, 1.54) is 4.90 Å². The van der Waals surface area contributed by atoms with Gasteiger partial charge in [-0.3, -0.25) is 16.0 Å². The van der Waals surface area contributed by atoms with Crippen molar-refractivity contribution in [2.75, 3.05) is 5.75 Å². The Bertz CT molecular complexity index is 603. The number of nitrogens with two attached hydrogens (primary N) is 1. The molecular weight excluding hydrogens is 286 g/mol. The number of hydrogen-bond donors (Lipinski definition) is 2. The van der Waals surface area contributed by atoms with Crippen molar-refractivity contribution in [2.24, 2.45) is 5.84 Å². The van der Waals surface area contributed by atoms with E-state index >= 15 is 0 Å². The fourth-order valence-electron chi connectivity index (χ4n) is 2.44. The largest absolute Gasteiger partial charge is 0.487 e. The minimum atomic E-state index is 0.000330. The van der Waals surface area contributed by atoms with Crippen molar-refractivity contribution in [2.45, 2.75) is 36.9 Å². The summed E-state index contributed by atoms with van der Waals surface area (Å²) in [5.41, 5.74) is 2.87. The van der Waals surface area contributed by atoms with Crippen LogP contribution in [0.15, 0.2) is 35.5 Å². The maximum absolute atomic E-state index is 6.09. The first kappa shape index (κ1) is 14.4. The maximum atomic E-state index is 6.09. The fourth-order valence-corrected chi connectivity index (χ4v) is 3.52. The number of hydrogen-bond acceptors (Lipinski definition) is 6. The number of aryl methyl sites for hydroxylation is 1. The van der Waals surface area contributed by atoms with Crippen LogP contribution in [0.25, 0.3) is 0 Å². The summed E-state index contributed by atoms with van der Waals surface area (Å²) in [6.07, 6.45) is 2.28. The van der Waals surface area contributed by atoms with Crippen molar-refractivity contribution in [1.82, 2.24) is 20.2 Å². The quantitative estimate of drug-likeness (QED) is 0.639. The van der Waals surface area contributed by atoms with Gasteiger partial charge in [-0.05, 0) is 19.1 Å². The Hall–Kier alpha value is -1.57. The van der Waals surface area contributed by atoms with Gasteiger partial charge in [0.2, 0.25) is 0 Å². The first-order valence-electron chi connectivity index (χ1n) is 7.03. The van der Waals surface area contributed by atoms with Crippen LogP contribution in [0, 0.1) is 0 Å². The van der Waals surface area contributed by atoms with Crippen LogP contribution >= 0.6 is 11.8 Å². The van der Waals surface area contributed by atoms with E-state index < -0.39 is 0 Å². The van der Waals surface area contributed by atoms with E-state index in [1.54, 1.807) is 18.1 Å². The van der Waals surface area contributed by atoms with Gasteiger partial charge in [0.15, 0.2) is 0 Å². The molecule has 2 heterocycles. The minimum absolute atomic E-state index is 0.000330. The minimum Gasteiger partial charge on any atom is -0.487 e. The average molecular weight is 305 g/mol. The van der Waals surface area contributed by atoms with Crippen LogP contribution in [0.5, 0.6) is 5.75 Å². The molecule has 1 aromatic carbocycles. The molecule has 2 unspecified atom stereocenters. The molecule has 0 saturated carbocycles. The summed E-state index contributed by atoms with van der Waals surface area (Å²) in [6, 6.07) is 8.09. The summed E-state index contributed by atoms with van der Waals surface area (Å²) in [5.74, 6) is 8.45. The van der Waals surface area contributed by atoms with Crippen LogP contribution in [0.1, 0.15) is 12.7 Å². The molecule has 6 nitrogen and oxygen atoms in total. The molecule has 112 valence electrons. The molecule has 1 aliphatic rings. The van der Waals surface area contributed by atoms with Crippen molar-refractivity contribution in [3.63, 3.8) is 0 Å². The highest BCUT2D eigenvalue weighted by Gasteiger charge is 2.28. The number of nitrogens with one attached hydrogen (secondary N) is 1. The zero-order valence-electron chi connectivity index (χ0n) is 11.9. The van der Waals surface area contributed by atoms with E-state index in [0.717, 1.165) is 23.9 Å². The summed E-state index contributed by atoms with van der Waals surface area (Å²) in [5, 5.41) is 4.19. The first-order chi connectivity index (χ1) is 10.3. The van der Waals surface area contributed by atoms with Gasteiger partial charge in [-0.2, -0.15) is 5.10 Å². The molecule has 1 aromatic heterocycles. The van der Waals surface area contributed by atoms with Gasteiger partial charge in [-0.25, -0.2) is 4.98 Å². The molecule has 0 aliphatic carbocycles. The first-order valence-corrected chi connectivity index (χ1v) is 8.01. The van der Waals surface area contributed by atoms with Gasteiger partial charge in [0, 0.05) is 23.6 Å². The number of thioether (sulfide) groups is 1. The van der Waals surface area contributed by atoms with Crippen molar-refractivity contribution in [3.8, 4) is 5.75 Å². The average Bonchev–Trinajstić information content (AvgIpc) is 2.99. The smallest absolute Gasteiger partial charge is 0.138 e. The van der Waals surface area contributed by atoms with Gasteiger partial charge in [-0.15, -0.1) is 11.8 Å². The molecule has 1 aliphatic heterocycles. The Kier molecular flexibility index (Phi) is 4.42. The lowest BCUT2D eigenvalue weighted by Crippen LogP contribution is -2.50. The summed E-state index contributed by atoms with van der Waals surface area (Å²) >= 11 is 1.80. The zero-order chi connectivity index (χ0) is 14.7. The van der Waals surface area contributed by atoms with Gasteiger partial charge in [0.25, 0.3) is 0 Å². The molecule has 2 atom stereocenters. The van der Waals surface area contributed by atoms with Crippen LogP contribution < -0.4 is 16.0 Å². The number of benzene rings is 1. The van der Waals surface area contributed by atoms with Gasteiger partial charge < -0.3 is 4.74 Å². The number of ether oxygens (including phenoxy) is 1. The zero-order valence-corrected chi connectivity index (χ0v) is 12.7. The van der Waals surface area contributed by atoms with Crippen molar-refractivity contribution in [3.05, 3.63) is 36.4 Å². The second-order valence-corrected chi connectivity index (χ2v) is 5.95. The molecule has 0 bridgehead atoms. The molecule has 0 amide bonds. The molecule has 3 N–H and O–H groups in total. The van der Waals surface area contributed by atoms with Crippen molar-refractivity contribution in [1.29, 1.82) is 0 Å². The Morgan fingerprint density at radius 2 is 2.38 bits per heavy atom. The molecule has 0 radical (unpaired) electrons. The molecule has 2 aromatic rings. The Morgan fingerprint density at radius 3 is 3.19 bits per heavy atom. The molecule has 0 saturated heterocycles. The number of para-hydroxylation sites is 1. The highest BCUT2D eigenvalue weighted by Crippen LogP contribution is 2.35. The van der Waals surface area contributed by atoms with Crippen LogP contribution in [-0.4, -0.2) is 32.7 Å². The maximum Gasteiger partial charge on any atom is 0.138 e. The van der Waals surface area contributed by atoms with Gasteiger partial charge in [-0.1, -0.05) is 12.1 Å². The lowest BCUT2D eigenvalue weighted by atomic mass is 10.1. The predicted molar refractivity (Wildman–Crippen MR) is 82.1 cm³/mol. The van der Waals surface area contributed by atoms with Gasteiger partial charge in [0.1, 0.15) is 24.0 Å². The topological polar surface area (TPSA) is 78.0 Å². The third-order valence-corrected chi connectivity index (χ3v) is 4.73. The Morgan fingerprint density at radius 1 is 1.52 bits per heavy atom. The molecule has 3 rings (SSSR count). The predicted octanol–water partition coefficient (Wildman–Crippen LogP) is 1.23. The van der Waals surface area contributed by atoms with Crippen LogP contribution in [0.4, 0.5) is 0 Å². The fraction of sp³-hybridized carbons (Fsp3) is 0.429. The van der Waals surface area contributed by atoms with Crippen molar-refractivity contribution >= 4 is 11.8 Å². The summed E-state index contributed by atoms with van der Waals surface area (Å²) < 4.78 is 7.97. The third-order valence-electron chi connectivity index (χ3n) is 3.59. The standard InChI is InChI=1S/C14H19N5OS/c1-2-19-14(16-9-17-19)7-10(18-15)12-8-21-13-6-4-3-5-11(13)20-12/h3-6,9-10,12,18H,2,7-8,15H2,1H3. The number of hydrazine groups is 1. The number of rotatable bonds is 5. The molecule has 0 spiro atoms. The van der Waals surface area contributed by atoms with E-state index in [4.69, 9.17) is 10.6 Å². The second kappa shape index (κ2) is 6.46. The monoisotopic (exact) mass is 305 g/mol. The highest BCUT2D eigenvalue weighted by molar-refractivity contribution is 7.99. The van der Waals surface area contributed by atoms with Gasteiger partial charge in [0.05, 0.1) is 6.04 Å². The molecular formula is C14H19N5OS. The van der Waals surface area contributed by atoms with Gasteiger partial charge >= 0.3 is 0 Å². The summed E-state index contributed by atoms with van der Waals surface area (Å²) in [6.45, 7) is 2.85. The molecule has 0 fully saturated rings. The van der Waals surface area contributed by atoms with Crippen LogP contribution in [0.2, 0.25) is 0 Å². The van der Waals surface area contributed by atoms with Crippen LogP contribution in [-0.2, 0) is 13.0 Å². The number of nitrogens with zero attached hydrogens (tertiary/aromatic N) is 3. The normalized spacial score (nSPS) is 18.9. The van der Waals surface area contributed by atoms with Crippen LogP contribution in [0.3, 0.4) is 0 Å². The van der Waals surface area contributed by atoms with Crippen molar-refractivity contribution < 1.29 is 4.74 Å². The third kappa shape index (κ3) is 3.04. The summed E-state index contributed by atoms with van der Waals surface area (Å²) in [7, 11) is 0. The lowest BCUT2D eigenvalue weighted by Gasteiger charge is -2.31. The summed E-state index contributed by atoms with van der Waals surface area (Å²) in [4.78, 5) is 5.49. The van der Waals surface area contributed by atoms with E-state index in [1.807, 2.05) is 29.8 Å². The van der Waals surface area contributed by atoms with E-state index in [0.29, 0.717) is 6.42 Å². The Labute approximate surface area is 128 Å². The van der Waals surface area contributed by atoms with E-state index in [-0.39, 0.29) is 12.1 Å².